The highest BCUT2D eigenvalue weighted by molar-refractivity contribution is 6.30. The van der Waals surface area contributed by atoms with E-state index >= 15 is 0 Å². The number of anilines is 1. The number of amidine groups is 1. The highest BCUT2D eigenvalue weighted by Gasteiger charge is 2.41. The van der Waals surface area contributed by atoms with Crippen LogP contribution in [-0.2, 0) is 0 Å². The SMILES string of the molecule is CC1C=C(C(F)(F)F)C(N2CCN(C(=O)Nc3ccc(Cl)cn3)CC2)=NC1. The number of nitrogens with one attached hydrogen (secondary N) is 1. The van der Waals surface area contributed by atoms with Gasteiger partial charge in [-0.2, -0.15) is 13.2 Å². The second kappa shape index (κ2) is 7.75. The Morgan fingerprint density at radius 1 is 1.26 bits per heavy atom. The molecule has 1 unspecified atom stereocenters. The van der Waals surface area contributed by atoms with Crippen LogP contribution in [0, 0.1) is 5.92 Å². The number of carbonyl (C=O) groups is 1. The van der Waals surface area contributed by atoms with Crippen molar-refractivity contribution >= 4 is 29.3 Å². The normalized spacial score (nSPS) is 20.9. The summed E-state index contributed by atoms with van der Waals surface area (Å²) >= 11 is 5.75. The van der Waals surface area contributed by atoms with Gasteiger partial charge in [-0.3, -0.25) is 10.3 Å². The fourth-order valence-corrected chi connectivity index (χ4v) is 3.09. The van der Waals surface area contributed by atoms with Crippen LogP contribution >= 0.6 is 11.6 Å². The van der Waals surface area contributed by atoms with Crippen LogP contribution in [0.3, 0.4) is 0 Å². The first-order valence-electron chi connectivity index (χ1n) is 8.50. The Labute approximate surface area is 159 Å². The quantitative estimate of drug-likeness (QED) is 0.784. The number of dihydropyridines is 1. The molecule has 3 heterocycles. The minimum atomic E-state index is -4.44. The summed E-state index contributed by atoms with van der Waals surface area (Å²) in [5.41, 5.74) is -0.690. The van der Waals surface area contributed by atoms with Crippen LogP contribution < -0.4 is 5.32 Å². The summed E-state index contributed by atoms with van der Waals surface area (Å²) < 4.78 is 40.0. The largest absolute Gasteiger partial charge is 0.419 e. The molecule has 0 aromatic carbocycles. The minimum Gasteiger partial charge on any atom is -0.353 e. The maximum Gasteiger partial charge on any atom is 0.419 e. The van der Waals surface area contributed by atoms with Crippen LogP contribution in [0.15, 0.2) is 35.0 Å². The molecule has 3 rings (SSSR count). The van der Waals surface area contributed by atoms with E-state index in [9.17, 15) is 18.0 Å². The number of aromatic nitrogens is 1. The average Bonchev–Trinajstić information content (AvgIpc) is 2.63. The maximum absolute atomic E-state index is 13.3. The van der Waals surface area contributed by atoms with E-state index in [0.29, 0.717) is 30.5 Å². The van der Waals surface area contributed by atoms with Crippen molar-refractivity contribution in [1.29, 1.82) is 0 Å². The van der Waals surface area contributed by atoms with E-state index in [1.54, 1.807) is 24.0 Å². The van der Waals surface area contributed by atoms with E-state index in [0.717, 1.165) is 0 Å². The van der Waals surface area contributed by atoms with Gasteiger partial charge in [0, 0.05) is 38.9 Å². The topological polar surface area (TPSA) is 60.8 Å². The predicted octanol–water partition coefficient (Wildman–Crippen LogP) is 3.42. The molecule has 1 fully saturated rings. The van der Waals surface area contributed by atoms with Crippen molar-refractivity contribution in [3.8, 4) is 0 Å². The lowest BCUT2D eigenvalue weighted by molar-refractivity contribution is -0.0878. The fraction of sp³-hybridized carbons (Fsp3) is 0.471. The van der Waals surface area contributed by atoms with Gasteiger partial charge in [-0.05, 0) is 18.1 Å². The van der Waals surface area contributed by atoms with Crippen molar-refractivity contribution in [3.05, 3.63) is 35.0 Å². The van der Waals surface area contributed by atoms with Crippen molar-refractivity contribution in [2.24, 2.45) is 10.9 Å². The molecule has 1 aromatic rings. The first-order valence-corrected chi connectivity index (χ1v) is 8.88. The molecule has 2 aliphatic heterocycles. The summed E-state index contributed by atoms with van der Waals surface area (Å²) in [5, 5.41) is 3.11. The molecule has 10 heteroatoms. The van der Waals surface area contributed by atoms with Crippen LogP contribution in [0.2, 0.25) is 5.02 Å². The average molecular weight is 402 g/mol. The highest BCUT2D eigenvalue weighted by Crippen LogP contribution is 2.31. The van der Waals surface area contributed by atoms with Crippen LogP contribution in [-0.4, -0.2) is 65.6 Å². The van der Waals surface area contributed by atoms with Gasteiger partial charge < -0.3 is 9.80 Å². The Morgan fingerprint density at radius 3 is 2.56 bits per heavy atom. The van der Waals surface area contributed by atoms with Gasteiger partial charge in [0.2, 0.25) is 0 Å². The molecule has 0 saturated carbocycles. The van der Waals surface area contributed by atoms with E-state index in [1.807, 2.05) is 0 Å². The van der Waals surface area contributed by atoms with Crippen LogP contribution in [0.5, 0.6) is 0 Å². The van der Waals surface area contributed by atoms with Crippen LogP contribution in [0.4, 0.5) is 23.8 Å². The molecule has 2 aliphatic rings. The zero-order valence-corrected chi connectivity index (χ0v) is 15.4. The number of piperazine rings is 1. The number of alkyl halides is 3. The van der Waals surface area contributed by atoms with Gasteiger partial charge in [-0.1, -0.05) is 24.6 Å². The molecule has 27 heavy (non-hydrogen) atoms. The van der Waals surface area contributed by atoms with Crippen LogP contribution in [0.1, 0.15) is 6.92 Å². The molecule has 1 atom stereocenters. The summed E-state index contributed by atoms with van der Waals surface area (Å²) in [7, 11) is 0. The smallest absolute Gasteiger partial charge is 0.353 e. The van der Waals surface area contributed by atoms with Crippen molar-refractivity contribution in [1.82, 2.24) is 14.8 Å². The third-order valence-corrected chi connectivity index (χ3v) is 4.58. The summed E-state index contributed by atoms with van der Waals surface area (Å²) in [4.78, 5) is 23.6. The maximum atomic E-state index is 13.3. The van der Waals surface area contributed by atoms with Gasteiger partial charge in [0.1, 0.15) is 11.7 Å². The summed E-state index contributed by atoms with van der Waals surface area (Å²) in [6, 6.07) is 2.83. The molecule has 146 valence electrons. The Morgan fingerprint density at radius 2 is 1.96 bits per heavy atom. The number of halogens is 4. The predicted molar refractivity (Wildman–Crippen MR) is 97.0 cm³/mol. The highest BCUT2D eigenvalue weighted by atomic mass is 35.5. The molecule has 1 saturated heterocycles. The van der Waals surface area contributed by atoms with Crippen molar-refractivity contribution in [3.63, 3.8) is 0 Å². The van der Waals surface area contributed by atoms with Gasteiger partial charge in [-0.15, -0.1) is 0 Å². The molecule has 0 aliphatic carbocycles. The molecular formula is C17H19ClF3N5O. The van der Waals surface area contributed by atoms with E-state index < -0.39 is 11.7 Å². The van der Waals surface area contributed by atoms with E-state index in [-0.39, 0.29) is 30.9 Å². The van der Waals surface area contributed by atoms with Gasteiger partial charge in [0.05, 0.1) is 10.6 Å². The van der Waals surface area contributed by atoms with Crippen molar-refractivity contribution < 1.29 is 18.0 Å². The first-order chi connectivity index (χ1) is 12.7. The Kier molecular flexibility index (Phi) is 5.59. The number of carbonyl (C=O) groups excluding carboxylic acids is 1. The summed E-state index contributed by atoms with van der Waals surface area (Å²) in [6.45, 7) is 3.18. The lowest BCUT2D eigenvalue weighted by Gasteiger charge is -2.38. The van der Waals surface area contributed by atoms with Gasteiger partial charge in [0.25, 0.3) is 0 Å². The number of urea groups is 1. The lowest BCUT2D eigenvalue weighted by atomic mass is 10.0. The zero-order chi connectivity index (χ0) is 19.6. The Hall–Kier alpha value is -2.29. The number of nitrogens with zero attached hydrogens (tertiary/aromatic N) is 4. The van der Waals surface area contributed by atoms with E-state index in [2.05, 4.69) is 15.3 Å². The lowest BCUT2D eigenvalue weighted by Crippen LogP contribution is -2.53. The summed E-state index contributed by atoms with van der Waals surface area (Å²) in [5.74, 6) is 0.0871. The number of hydrogen-bond donors (Lipinski definition) is 1. The number of aliphatic imine (C=N–C) groups is 1. The second-order valence-corrected chi connectivity index (χ2v) is 6.92. The van der Waals surface area contributed by atoms with Crippen LogP contribution in [0.25, 0.3) is 0 Å². The van der Waals surface area contributed by atoms with Gasteiger partial charge >= 0.3 is 12.2 Å². The molecule has 1 aromatic heterocycles. The van der Waals surface area contributed by atoms with Gasteiger partial charge in [-0.25, -0.2) is 9.78 Å². The third-order valence-electron chi connectivity index (χ3n) is 4.36. The molecule has 1 N–H and O–H groups in total. The Balaban J connectivity index is 1.60. The fourth-order valence-electron chi connectivity index (χ4n) is 2.98. The molecule has 6 nitrogen and oxygen atoms in total. The second-order valence-electron chi connectivity index (χ2n) is 6.49. The molecule has 2 amide bonds. The first kappa shape index (κ1) is 19.5. The van der Waals surface area contributed by atoms with Gasteiger partial charge in [0.15, 0.2) is 0 Å². The third kappa shape index (κ3) is 4.71. The summed E-state index contributed by atoms with van der Waals surface area (Å²) in [6.07, 6.45) is -1.79. The number of rotatable bonds is 1. The number of hydrogen-bond acceptors (Lipinski definition) is 4. The van der Waals surface area contributed by atoms with E-state index in [4.69, 9.17) is 11.6 Å². The van der Waals surface area contributed by atoms with Crippen molar-refractivity contribution in [2.45, 2.75) is 13.1 Å². The standard InChI is InChI=1S/C17H19ClF3N5O/c1-11-8-13(17(19,20)21)15(23-9-11)25-4-6-26(7-5-25)16(27)24-14-3-2-12(18)10-22-14/h2-3,8,10-11H,4-7,9H2,1H3,(H,22,24,27). The number of pyridine rings is 1. The van der Waals surface area contributed by atoms with E-state index in [1.165, 1.54) is 17.2 Å². The van der Waals surface area contributed by atoms with Crippen molar-refractivity contribution in [2.75, 3.05) is 38.0 Å². The zero-order valence-electron chi connectivity index (χ0n) is 14.6. The number of amides is 2. The Bertz CT molecular complexity index is 755. The monoisotopic (exact) mass is 401 g/mol. The molecular weight excluding hydrogens is 383 g/mol. The molecule has 0 bridgehead atoms. The molecule has 0 spiro atoms. The minimum absolute atomic E-state index is 0.0278. The molecule has 0 radical (unpaired) electrons.